The Bertz CT molecular complexity index is 1220. The van der Waals surface area contributed by atoms with E-state index >= 15 is 0 Å². The maximum absolute atomic E-state index is 12.4. The SMILES string of the molecule is O=C(CCn1c(=O)oc2ccccc21)Oc1ccc(C(=O)c2ccccc2)cc1. The van der Waals surface area contributed by atoms with Crippen LogP contribution < -0.4 is 10.5 Å². The van der Waals surface area contributed by atoms with Crippen molar-refractivity contribution in [2.75, 3.05) is 0 Å². The normalized spacial score (nSPS) is 10.8. The Morgan fingerprint density at radius 2 is 1.48 bits per heavy atom. The molecule has 0 saturated heterocycles. The quantitative estimate of drug-likeness (QED) is 0.285. The molecule has 0 spiro atoms. The van der Waals surface area contributed by atoms with E-state index < -0.39 is 11.7 Å². The van der Waals surface area contributed by atoms with E-state index in [0.717, 1.165) is 0 Å². The first-order chi connectivity index (χ1) is 14.1. The molecule has 4 rings (SSSR count). The molecule has 0 aliphatic rings. The lowest BCUT2D eigenvalue weighted by Gasteiger charge is -2.06. The second-order valence-corrected chi connectivity index (χ2v) is 6.43. The number of carbonyl (C=O) groups excluding carboxylic acids is 2. The van der Waals surface area contributed by atoms with Gasteiger partial charge in [-0.25, -0.2) is 4.79 Å². The molecule has 6 nitrogen and oxygen atoms in total. The molecule has 1 aromatic heterocycles. The minimum atomic E-state index is -0.511. The molecule has 0 amide bonds. The summed E-state index contributed by atoms with van der Waals surface area (Å²) in [5, 5.41) is 0. The highest BCUT2D eigenvalue weighted by atomic mass is 16.5. The highest BCUT2D eigenvalue weighted by Crippen LogP contribution is 2.17. The number of nitrogens with zero attached hydrogens (tertiary/aromatic N) is 1. The van der Waals surface area contributed by atoms with Crippen LogP contribution in [0.5, 0.6) is 5.75 Å². The molecule has 0 fully saturated rings. The fourth-order valence-electron chi connectivity index (χ4n) is 3.04. The molecule has 0 aliphatic heterocycles. The number of fused-ring (bicyclic) bond motifs is 1. The van der Waals surface area contributed by atoms with E-state index in [2.05, 4.69) is 0 Å². The van der Waals surface area contributed by atoms with Gasteiger partial charge in [0.15, 0.2) is 11.4 Å². The summed E-state index contributed by atoms with van der Waals surface area (Å²) in [5.41, 5.74) is 2.21. The Morgan fingerprint density at radius 3 is 2.24 bits per heavy atom. The maximum Gasteiger partial charge on any atom is 0.419 e. The van der Waals surface area contributed by atoms with Crippen LogP contribution in [-0.4, -0.2) is 16.3 Å². The van der Waals surface area contributed by atoms with Crippen molar-refractivity contribution in [3.05, 3.63) is 101 Å². The standard InChI is InChI=1S/C23H17NO5/c25-21(14-15-24-19-8-4-5-9-20(19)29-23(24)27)28-18-12-10-17(11-13-18)22(26)16-6-2-1-3-7-16/h1-13H,14-15H2. The van der Waals surface area contributed by atoms with E-state index in [9.17, 15) is 14.4 Å². The lowest BCUT2D eigenvalue weighted by molar-refractivity contribution is -0.134. The molecule has 29 heavy (non-hydrogen) atoms. The topological polar surface area (TPSA) is 78.5 Å². The van der Waals surface area contributed by atoms with Gasteiger partial charge in [0.2, 0.25) is 0 Å². The fraction of sp³-hybridized carbons (Fsp3) is 0.0870. The summed E-state index contributed by atoms with van der Waals surface area (Å²) < 4.78 is 11.9. The predicted octanol–water partition coefficient (Wildman–Crippen LogP) is 3.82. The molecule has 144 valence electrons. The number of carbonyl (C=O) groups is 2. The van der Waals surface area contributed by atoms with Gasteiger partial charge in [0.25, 0.3) is 0 Å². The van der Waals surface area contributed by atoms with E-state index in [-0.39, 0.29) is 18.7 Å². The molecule has 0 atom stereocenters. The van der Waals surface area contributed by atoms with Gasteiger partial charge in [-0.05, 0) is 36.4 Å². The minimum Gasteiger partial charge on any atom is -0.426 e. The highest BCUT2D eigenvalue weighted by molar-refractivity contribution is 6.09. The second kappa shape index (κ2) is 7.98. The smallest absolute Gasteiger partial charge is 0.419 e. The summed E-state index contributed by atoms with van der Waals surface area (Å²) >= 11 is 0. The number of oxazole rings is 1. The number of benzene rings is 3. The Labute approximate surface area is 166 Å². The number of aryl methyl sites for hydroxylation is 1. The van der Waals surface area contributed by atoms with Crippen LogP contribution in [0.3, 0.4) is 0 Å². The second-order valence-electron chi connectivity index (χ2n) is 6.43. The van der Waals surface area contributed by atoms with Crippen LogP contribution in [0.1, 0.15) is 22.3 Å². The van der Waals surface area contributed by atoms with E-state index in [4.69, 9.17) is 9.15 Å². The van der Waals surface area contributed by atoms with E-state index in [1.807, 2.05) is 6.07 Å². The first kappa shape index (κ1) is 18.4. The highest BCUT2D eigenvalue weighted by Gasteiger charge is 2.13. The average molecular weight is 387 g/mol. The van der Waals surface area contributed by atoms with E-state index in [0.29, 0.717) is 28.0 Å². The number of rotatable bonds is 6. The Kier molecular flexibility index (Phi) is 5.07. The molecule has 3 aromatic carbocycles. The van der Waals surface area contributed by atoms with Crippen molar-refractivity contribution in [1.82, 2.24) is 4.57 Å². The largest absolute Gasteiger partial charge is 0.426 e. The fourth-order valence-corrected chi connectivity index (χ4v) is 3.04. The molecule has 4 aromatic rings. The molecule has 0 radical (unpaired) electrons. The summed E-state index contributed by atoms with van der Waals surface area (Å²) in [4.78, 5) is 36.5. The zero-order valence-corrected chi connectivity index (χ0v) is 15.4. The van der Waals surface area contributed by atoms with Crippen LogP contribution in [0.2, 0.25) is 0 Å². The summed E-state index contributed by atoms with van der Waals surface area (Å²) in [6.45, 7) is 0.152. The zero-order valence-electron chi connectivity index (χ0n) is 15.4. The summed E-state index contributed by atoms with van der Waals surface area (Å²) in [6.07, 6.45) is 0.00807. The van der Waals surface area contributed by atoms with Crippen molar-refractivity contribution in [1.29, 1.82) is 0 Å². The molecule has 0 N–H and O–H groups in total. The number of aromatic nitrogens is 1. The molecular formula is C23H17NO5. The molecule has 0 unspecified atom stereocenters. The molecule has 0 bridgehead atoms. The van der Waals surface area contributed by atoms with Crippen LogP contribution in [0.15, 0.2) is 88.1 Å². The number of para-hydroxylation sites is 2. The van der Waals surface area contributed by atoms with Gasteiger partial charge in [-0.2, -0.15) is 0 Å². The maximum atomic E-state index is 12.4. The molecule has 0 aliphatic carbocycles. The van der Waals surface area contributed by atoms with E-state index in [1.165, 1.54) is 4.57 Å². The molecule has 0 saturated carbocycles. The third-order valence-corrected chi connectivity index (χ3v) is 4.50. The van der Waals surface area contributed by atoms with Gasteiger partial charge in [0.1, 0.15) is 5.75 Å². The van der Waals surface area contributed by atoms with Crippen molar-refractivity contribution < 1.29 is 18.7 Å². The van der Waals surface area contributed by atoms with Gasteiger partial charge >= 0.3 is 11.7 Å². The van der Waals surface area contributed by atoms with Crippen molar-refractivity contribution in [3.8, 4) is 5.75 Å². The van der Waals surface area contributed by atoms with Crippen LogP contribution >= 0.6 is 0 Å². The first-order valence-corrected chi connectivity index (χ1v) is 9.11. The van der Waals surface area contributed by atoms with Crippen LogP contribution in [-0.2, 0) is 11.3 Å². The van der Waals surface area contributed by atoms with Crippen LogP contribution in [0.25, 0.3) is 11.1 Å². The zero-order chi connectivity index (χ0) is 20.2. The van der Waals surface area contributed by atoms with Crippen molar-refractivity contribution in [2.45, 2.75) is 13.0 Å². The monoisotopic (exact) mass is 387 g/mol. The molecular weight excluding hydrogens is 370 g/mol. The number of esters is 1. The lowest BCUT2D eigenvalue weighted by atomic mass is 10.0. The van der Waals surface area contributed by atoms with Crippen molar-refractivity contribution in [3.63, 3.8) is 0 Å². The van der Waals surface area contributed by atoms with Gasteiger partial charge in [0, 0.05) is 17.7 Å². The number of ketones is 1. The van der Waals surface area contributed by atoms with Gasteiger partial charge in [-0.15, -0.1) is 0 Å². The predicted molar refractivity (Wildman–Crippen MR) is 107 cm³/mol. The average Bonchev–Trinajstić information content (AvgIpc) is 3.08. The van der Waals surface area contributed by atoms with Crippen LogP contribution in [0, 0.1) is 0 Å². The number of ether oxygens (including phenoxy) is 1. The van der Waals surface area contributed by atoms with Crippen molar-refractivity contribution >= 4 is 22.9 Å². The number of hydrogen-bond donors (Lipinski definition) is 0. The number of hydrogen-bond acceptors (Lipinski definition) is 5. The van der Waals surface area contributed by atoms with Gasteiger partial charge in [0.05, 0.1) is 11.9 Å². The van der Waals surface area contributed by atoms with Crippen LogP contribution in [0.4, 0.5) is 0 Å². The Balaban J connectivity index is 1.39. The van der Waals surface area contributed by atoms with Gasteiger partial charge in [-0.3, -0.25) is 14.2 Å². The van der Waals surface area contributed by atoms with Gasteiger partial charge < -0.3 is 9.15 Å². The summed E-state index contributed by atoms with van der Waals surface area (Å²) in [7, 11) is 0. The Morgan fingerprint density at radius 1 is 0.828 bits per heavy atom. The summed E-state index contributed by atoms with van der Waals surface area (Å²) in [5.74, 6) is -0.759. The molecule has 6 heteroatoms. The third kappa shape index (κ3) is 4.01. The lowest BCUT2D eigenvalue weighted by Crippen LogP contribution is -2.18. The van der Waals surface area contributed by atoms with E-state index in [1.54, 1.807) is 72.8 Å². The third-order valence-electron chi connectivity index (χ3n) is 4.50. The van der Waals surface area contributed by atoms with Crippen molar-refractivity contribution in [2.24, 2.45) is 0 Å². The van der Waals surface area contributed by atoms with Gasteiger partial charge in [-0.1, -0.05) is 42.5 Å². The minimum absolute atomic E-state index is 0.00807. The summed E-state index contributed by atoms with van der Waals surface area (Å²) in [6, 6.07) is 22.4. The first-order valence-electron chi connectivity index (χ1n) is 9.11. The Hall–Kier alpha value is -3.93. The molecule has 1 heterocycles.